The van der Waals surface area contributed by atoms with Crippen LogP contribution < -0.4 is 10.1 Å². The van der Waals surface area contributed by atoms with E-state index < -0.39 is 5.60 Å². The lowest BCUT2D eigenvalue weighted by Gasteiger charge is -2.30. The van der Waals surface area contributed by atoms with Gasteiger partial charge in [-0.25, -0.2) is 9.97 Å². The molecule has 2 aliphatic heterocycles. The van der Waals surface area contributed by atoms with E-state index in [2.05, 4.69) is 43.7 Å². The number of anilines is 1. The highest BCUT2D eigenvalue weighted by Gasteiger charge is 2.45. The minimum atomic E-state index is -1.08. The number of nitrogens with one attached hydrogen (secondary N) is 2. The molecule has 3 aromatic carbocycles. The summed E-state index contributed by atoms with van der Waals surface area (Å²) in [7, 11) is 1.55. The topological polar surface area (TPSA) is 146 Å². The Bertz CT molecular complexity index is 2000. The van der Waals surface area contributed by atoms with Gasteiger partial charge >= 0.3 is 0 Å². The molecule has 256 valence electrons. The molecular formula is C38H39N7O5. The normalized spacial score (nSPS) is 17.9. The molecule has 1 fully saturated rings. The molecule has 2 aliphatic rings. The summed E-state index contributed by atoms with van der Waals surface area (Å²) in [6.07, 6.45) is 6.83. The fraction of sp³-hybridized carbons (Fsp3) is 0.289. The van der Waals surface area contributed by atoms with Gasteiger partial charge in [-0.15, -0.1) is 0 Å². The zero-order valence-electron chi connectivity index (χ0n) is 27.8. The minimum absolute atomic E-state index is 0.0371. The Kier molecular flexibility index (Phi) is 9.65. The predicted octanol–water partition coefficient (Wildman–Crippen LogP) is 4.40. The molecule has 12 heteroatoms. The number of fused-ring (bicyclic) bond motifs is 1. The molecule has 0 spiro atoms. The molecule has 2 amide bonds. The Morgan fingerprint density at radius 3 is 2.46 bits per heavy atom. The molecule has 0 unspecified atom stereocenters. The fourth-order valence-electron chi connectivity index (χ4n) is 6.60. The first-order chi connectivity index (χ1) is 24.4. The molecule has 0 aliphatic carbocycles. The highest BCUT2D eigenvalue weighted by atomic mass is 16.5. The third kappa shape index (κ3) is 6.99. The van der Waals surface area contributed by atoms with Gasteiger partial charge in [-0.3, -0.25) is 19.6 Å². The first-order valence-corrected chi connectivity index (χ1v) is 16.7. The molecule has 1 atom stereocenters. The van der Waals surface area contributed by atoms with Crippen molar-refractivity contribution in [2.45, 2.75) is 18.4 Å². The SMILES string of the molecule is CO[C@@]1(C(=O)Nc2ccc3[nH]nc(-c4ccc(OCCO)cc4)c3c2)CCN(CC(=O)N2CC=C(c3ccc(-c4ncccn4)cc3)CC2)C1. The summed E-state index contributed by atoms with van der Waals surface area (Å²) in [5.74, 6) is 1.14. The van der Waals surface area contributed by atoms with E-state index in [1.165, 1.54) is 5.57 Å². The first-order valence-electron chi connectivity index (χ1n) is 16.7. The van der Waals surface area contributed by atoms with Crippen LogP contribution in [-0.2, 0) is 14.3 Å². The molecule has 0 saturated carbocycles. The number of aromatic amines is 1. The Labute approximate surface area is 289 Å². The number of aliphatic hydroxyl groups excluding tert-OH is 1. The maximum absolute atomic E-state index is 13.7. The van der Waals surface area contributed by atoms with Crippen LogP contribution in [0.25, 0.3) is 39.1 Å². The Morgan fingerprint density at radius 2 is 1.74 bits per heavy atom. The molecule has 50 heavy (non-hydrogen) atoms. The average molecular weight is 674 g/mol. The van der Waals surface area contributed by atoms with E-state index in [0.29, 0.717) is 49.9 Å². The summed E-state index contributed by atoms with van der Waals surface area (Å²) in [4.78, 5) is 39.6. The van der Waals surface area contributed by atoms with Gasteiger partial charge in [-0.1, -0.05) is 30.3 Å². The second kappa shape index (κ2) is 14.6. The van der Waals surface area contributed by atoms with Crippen molar-refractivity contribution in [3.05, 3.63) is 96.8 Å². The van der Waals surface area contributed by atoms with Crippen molar-refractivity contribution in [1.82, 2.24) is 30.0 Å². The van der Waals surface area contributed by atoms with Gasteiger partial charge in [0.1, 0.15) is 12.4 Å². The molecule has 2 aromatic heterocycles. The summed E-state index contributed by atoms with van der Waals surface area (Å²) in [6, 6.07) is 23.1. The molecule has 7 rings (SSSR count). The van der Waals surface area contributed by atoms with Crippen molar-refractivity contribution in [3.63, 3.8) is 0 Å². The van der Waals surface area contributed by atoms with Crippen molar-refractivity contribution in [1.29, 1.82) is 0 Å². The number of rotatable bonds is 11. The standard InChI is InChI=1S/C38H39N7O5/c1-49-38(37(48)41-30-9-12-33-32(23-30)35(43-42-33)28-7-10-31(11-8-28)50-22-21-46)15-20-44(25-38)24-34(47)45-18-13-27(14-19-45)26-3-5-29(6-4-26)36-39-16-2-17-40-36/h2-13,16-17,23,46H,14-15,18-22,24-25H2,1H3,(H,41,48)(H,42,43)/t38-/m0/s1. The quantitative estimate of drug-likeness (QED) is 0.186. The predicted molar refractivity (Wildman–Crippen MR) is 190 cm³/mol. The van der Waals surface area contributed by atoms with Crippen LogP contribution in [0.3, 0.4) is 0 Å². The van der Waals surface area contributed by atoms with Gasteiger partial charge in [-0.05, 0) is 72.5 Å². The number of carbonyl (C=O) groups is 2. The van der Waals surface area contributed by atoms with Gasteiger partial charge in [0.2, 0.25) is 5.91 Å². The summed E-state index contributed by atoms with van der Waals surface area (Å²) in [6.45, 7) is 2.47. The van der Waals surface area contributed by atoms with Crippen molar-refractivity contribution in [3.8, 4) is 28.4 Å². The Hall–Kier alpha value is -5.43. The smallest absolute Gasteiger partial charge is 0.258 e. The highest BCUT2D eigenvalue weighted by Crippen LogP contribution is 2.32. The summed E-state index contributed by atoms with van der Waals surface area (Å²) in [5, 5.41) is 20.5. The van der Waals surface area contributed by atoms with Gasteiger partial charge in [-0.2, -0.15) is 5.10 Å². The average Bonchev–Trinajstić information content (AvgIpc) is 3.79. The Balaban J connectivity index is 0.953. The monoisotopic (exact) mass is 673 g/mol. The van der Waals surface area contributed by atoms with Crippen LogP contribution in [0.1, 0.15) is 18.4 Å². The third-order valence-corrected chi connectivity index (χ3v) is 9.42. The van der Waals surface area contributed by atoms with Crippen LogP contribution in [0.2, 0.25) is 0 Å². The highest BCUT2D eigenvalue weighted by molar-refractivity contribution is 6.01. The third-order valence-electron chi connectivity index (χ3n) is 9.42. The van der Waals surface area contributed by atoms with E-state index in [-0.39, 0.29) is 31.6 Å². The number of aromatic nitrogens is 4. The van der Waals surface area contributed by atoms with Crippen LogP contribution in [0.15, 0.2) is 91.3 Å². The van der Waals surface area contributed by atoms with E-state index in [1.807, 2.05) is 64.4 Å². The maximum atomic E-state index is 13.7. The molecular weight excluding hydrogens is 634 g/mol. The van der Waals surface area contributed by atoms with Crippen molar-refractivity contribution >= 4 is 34.0 Å². The number of ether oxygens (including phenoxy) is 2. The summed E-state index contributed by atoms with van der Waals surface area (Å²) >= 11 is 0. The number of amides is 2. The zero-order chi connectivity index (χ0) is 34.5. The number of aliphatic hydroxyl groups is 1. The number of methoxy groups -OCH3 is 1. The van der Waals surface area contributed by atoms with Gasteiger partial charge in [0.05, 0.1) is 24.4 Å². The van der Waals surface area contributed by atoms with E-state index in [0.717, 1.165) is 39.7 Å². The second-order valence-electron chi connectivity index (χ2n) is 12.5. The van der Waals surface area contributed by atoms with Crippen LogP contribution >= 0.6 is 0 Å². The van der Waals surface area contributed by atoms with Crippen molar-refractivity contribution < 1.29 is 24.2 Å². The number of H-pyrrole nitrogens is 1. The van der Waals surface area contributed by atoms with Crippen molar-refractivity contribution in [2.24, 2.45) is 0 Å². The van der Waals surface area contributed by atoms with Crippen molar-refractivity contribution in [2.75, 3.05) is 58.4 Å². The molecule has 3 N–H and O–H groups in total. The number of nitrogens with zero attached hydrogens (tertiary/aromatic N) is 5. The molecule has 0 bridgehead atoms. The van der Waals surface area contributed by atoms with Crippen LogP contribution in [0.5, 0.6) is 5.75 Å². The molecule has 0 radical (unpaired) electrons. The lowest BCUT2D eigenvalue weighted by molar-refractivity contribution is -0.138. The lowest BCUT2D eigenvalue weighted by atomic mass is 9.98. The Morgan fingerprint density at radius 1 is 0.980 bits per heavy atom. The van der Waals surface area contributed by atoms with Gasteiger partial charge in [0.15, 0.2) is 11.4 Å². The molecule has 12 nitrogen and oxygen atoms in total. The molecule has 1 saturated heterocycles. The number of likely N-dealkylation sites (tertiary alicyclic amines) is 1. The summed E-state index contributed by atoms with van der Waals surface area (Å²) in [5.41, 5.74) is 5.32. The molecule has 4 heterocycles. The van der Waals surface area contributed by atoms with E-state index in [9.17, 15) is 9.59 Å². The van der Waals surface area contributed by atoms with E-state index in [4.69, 9.17) is 14.6 Å². The van der Waals surface area contributed by atoms with Crippen LogP contribution in [0.4, 0.5) is 5.69 Å². The first kappa shape index (κ1) is 33.1. The van der Waals surface area contributed by atoms with Gasteiger partial charge in [0, 0.05) is 67.9 Å². The van der Waals surface area contributed by atoms with Crippen LogP contribution in [0, 0.1) is 0 Å². The summed E-state index contributed by atoms with van der Waals surface area (Å²) < 4.78 is 11.3. The van der Waals surface area contributed by atoms with E-state index in [1.54, 1.807) is 25.6 Å². The maximum Gasteiger partial charge on any atom is 0.258 e. The zero-order valence-corrected chi connectivity index (χ0v) is 27.8. The minimum Gasteiger partial charge on any atom is -0.491 e. The van der Waals surface area contributed by atoms with Gasteiger partial charge in [0.25, 0.3) is 5.91 Å². The largest absolute Gasteiger partial charge is 0.491 e. The second-order valence-corrected chi connectivity index (χ2v) is 12.5. The van der Waals surface area contributed by atoms with Gasteiger partial charge < -0.3 is 24.8 Å². The number of benzene rings is 3. The fourth-order valence-corrected chi connectivity index (χ4v) is 6.60. The lowest BCUT2D eigenvalue weighted by Crippen LogP contribution is -2.48. The number of hydrogen-bond acceptors (Lipinski definition) is 9. The molecule has 5 aromatic rings. The van der Waals surface area contributed by atoms with Crippen LogP contribution in [-0.4, -0.2) is 106 Å². The van der Waals surface area contributed by atoms with E-state index >= 15 is 0 Å². The number of carbonyl (C=O) groups excluding carboxylic acids is 2. The number of hydrogen-bond donors (Lipinski definition) is 3.